The van der Waals surface area contributed by atoms with E-state index in [0.717, 1.165) is 0 Å². The zero-order valence-electron chi connectivity index (χ0n) is 20.9. The summed E-state index contributed by atoms with van der Waals surface area (Å²) in [5, 5.41) is 0. The molecular weight excluding hydrogens is 539 g/mol. The van der Waals surface area contributed by atoms with E-state index in [1.807, 2.05) is 0 Å². The van der Waals surface area contributed by atoms with Gasteiger partial charge in [0.1, 0.15) is 22.7 Å². The molecule has 40 heavy (non-hydrogen) atoms. The Kier molecular flexibility index (Phi) is 7.13. The third-order valence-electron chi connectivity index (χ3n) is 6.42. The van der Waals surface area contributed by atoms with Gasteiger partial charge >= 0.3 is 12.1 Å². The molecular formula is C27H21F5N4O4. The van der Waals surface area contributed by atoms with E-state index in [1.54, 1.807) is 17.0 Å². The first-order valence-electron chi connectivity index (χ1n) is 12.1. The largest absolute Gasteiger partial charge is 0.493 e. The summed E-state index contributed by atoms with van der Waals surface area (Å²) in [6, 6.07) is 12.2. The van der Waals surface area contributed by atoms with Crippen LogP contribution < -0.4 is 9.57 Å². The van der Waals surface area contributed by atoms with E-state index in [1.165, 1.54) is 55.6 Å². The number of amides is 1. The fourth-order valence-electron chi connectivity index (χ4n) is 4.61. The fraction of sp³-hybridized carbons (Fsp3) is 0.259. The maximum atomic E-state index is 13.2. The minimum absolute atomic E-state index is 0.00375. The molecule has 0 bridgehead atoms. The van der Waals surface area contributed by atoms with Crippen molar-refractivity contribution in [2.75, 3.05) is 6.54 Å². The predicted molar refractivity (Wildman–Crippen MR) is 131 cm³/mol. The van der Waals surface area contributed by atoms with E-state index < -0.39 is 24.6 Å². The lowest BCUT2D eigenvalue weighted by molar-refractivity contribution is -0.199. The molecule has 4 aromatic rings. The van der Waals surface area contributed by atoms with Gasteiger partial charge < -0.3 is 14.5 Å². The van der Waals surface area contributed by atoms with Crippen LogP contribution >= 0.6 is 0 Å². The maximum absolute atomic E-state index is 13.2. The SMILES string of the molecule is CC(=O)N1CCCC1c1cc2c(cc1Oc1ccc(C(F)F)cc1)nc(-c1ccccn1)n2OC(=O)C(F)(F)F. The summed E-state index contributed by atoms with van der Waals surface area (Å²) in [4.78, 5) is 39.1. The molecule has 1 atom stereocenters. The summed E-state index contributed by atoms with van der Waals surface area (Å²) in [6.07, 6.45) is -5.37. The molecule has 1 aliphatic heterocycles. The van der Waals surface area contributed by atoms with Gasteiger partial charge in [0.2, 0.25) is 5.91 Å². The van der Waals surface area contributed by atoms with E-state index in [-0.39, 0.29) is 45.5 Å². The van der Waals surface area contributed by atoms with Gasteiger partial charge in [-0.25, -0.2) is 18.6 Å². The van der Waals surface area contributed by atoms with Gasteiger partial charge in [0.15, 0.2) is 5.82 Å². The average molecular weight is 560 g/mol. The summed E-state index contributed by atoms with van der Waals surface area (Å²) in [5.41, 5.74) is 0.447. The Balaban J connectivity index is 1.69. The summed E-state index contributed by atoms with van der Waals surface area (Å²) in [6.45, 7) is 1.84. The normalized spacial score (nSPS) is 15.6. The molecule has 1 amide bonds. The number of carbonyl (C=O) groups excluding carboxylic acids is 2. The molecule has 0 aliphatic carbocycles. The molecule has 8 nitrogen and oxygen atoms in total. The number of likely N-dealkylation sites (tertiary alicyclic amines) is 1. The van der Waals surface area contributed by atoms with Crippen molar-refractivity contribution in [2.45, 2.75) is 38.4 Å². The van der Waals surface area contributed by atoms with Crippen LogP contribution in [0.3, 0.4) is 0 Å². The Labute approximate surface area is 223 Å². The first-order valence-corrected chi connectivity index (χ1v) is 12.1. The minimum atomic E-state index is -5.29. The van der Waals surface area contributed by atoms with Crippen LogP contribution in [0.4, 0.5) is 22.0 Å². The van der Waals surface area contributed by atoms with Gasteiger partial charge in [0.05, 0.1) is 11.6 Å². The van der Waals surface area contributed by atoms with Crippen molar-refractivity contribution in [3.63, 3.8) is 0 Å². The predicted octanol–water partition coefficient (Wildman–Crippen LogP) is 6.03. The summed E-state index contributed by atoms with van der Waals surface area (Å²) in [5.74, 6) is -2.44. The zero-order chi connectivity index (χ0) is 28.6. The zero-order valence-corrected chi connectivity index (χ0v) is 20.9. The molecule has 13 heteroatoms. The number of aromatic nitrogens is 3. The van der Waals surface area contributed by atoms with Crippen LogP contribution in [0.2, 0.25) is 0 Å². The number of alkyl halides is 5. The van der Waals surface area contributed by atoms with Crippen molar-refractivity contribution in [3.8, 4) is 23.0 Å². The van der Waals surface area contributed by atoms with Crippen LogP contribution in [0, 0.1) is 0 Å². The number of halogens is 5. The minimum Gasteiger partial charge on any atom is -0.457 e. The lowest BCUT2D eigenvalue weighted by Crippen LogP contribution is -2.33. The smallest absolute Gasteiger partial charge is 0.457 e. The number of benzene rings is 2. The molecule has 1 unspecified atom stereocenters. The van der Waals surface area contributed by atoms with Crippen LogP contribution in [0.1, 0.15) is 43.4 Å². The van der Waals surface area contributed by atoms with Crippen molar-refractivity contribution in [2.24, 2.45) is 0 Å². The summed E-state index contributed by atoms with van der Waals surface area (Å²) in [7, 11) is 0. The molecule has 1 saturated heterocycles. The standard InChI is InChI=1S/C27H21F5N4O4/c1-15(37)35-12-4-6-21(35)18-13-22-20(14-23(18)39-17-9-7-16(8-10-17)24(28)29)34-25(19-5-2-3-11-33-19)36(22)40-26(38)27(30,31)32/h2-3,5,7-11,13-14,21,24H,4,6,12H2,1H3. The fourth-order valence-corrected chi connectivity index (χ4v) is 4.61. The van der Waals surface area contributed by atoms with Crippen LogP contribution in [0.15, 0.2) is 60.8 Å². The van der Waals surface area contributed by atoms with Crippen molar-refractivity contribution < 1.29 is 41.1 Å². The van der Waals surface area contributed by atoms with Gasteiger partial charge in [0.25, 0.3) is 6.43 Å². The van der Waals surface area contributed by atoms with Gasteiger partial charge in [-0.1, -0.05) is 6.07 Å². The Morgan fingerprint density at radius 3 is 2.45 bits per heavy atom. The highest BCUT2D eigenvalue weighted by Gasteiger charge is 2.43. The molecule has 2 aromatic carbocycles. The molecule has 2 aromatic heterocycles. The van der Waals surface area contributed by atoms with Gasteiger partial charge in [0, 0.05) is 36.9 Å². The first-order chi connectivity index (χ1) is 19.0. The molecule has 1 fully saturated rings. The number of pyridine rings is 1. The first kappa shape index (κ1) is 27.0. The number of fused-ring (bicyclic) bond motifs is 1. The molecule has 5 rings (SSSR count). The highest BCUT2D eigenvalue weighted by Crippen LogP contribution is 2.41. The number of ether oxygens (including phenoxy) is 1. The topological polar surface area (TPSA) is 86.6 Å². The van der Waals surface area contributed by atoms with E-state index >= 15 is 0 Å². The van der Waals surface area contributed by atoms with E-state index in [4.69, 9.17) is 9.57 Å². The van der Waals surface area contributed by atoms with Crippen molar-refractivity contribution >= 4 is 22.9 Å². The van der Waals surface area contributed by atoms with Gasteiger partial charge in [-0.15, -0.1) is 0 Å². The Morgan fingerprint density at radius 2 is 1.82 bits per heavy atom. The highest BCUT2D eigenvalue weighted by molar-refractivity contribution is 5.85. The van der Waals surface area contributed by atoms with Crippen molar-refractivity contribution in [3.05, 3.63) is 71.9 Å². The quantitative estimate of drug-likeness (QED) is 0.268. The number of rotatable bonds is 6. The van der Waals surface area contributed by atoms with Crippen LogP contribution in [-0.2, 0) is 9.59 Å². The lowest BCUT2D eigenvalue weighted by atomic mass is 10.0. The van der Waals surface area contributed by atoms with Crippen molar-refractivity contribution in [1.29, 1.82) is 0 Å². The Hall–Kier alpha value is -4.55. The third-order valence-corrected chi connectivity index (χ3v) is 6.42. The number of imidazole rings is 1. The molecule has 0 spiro atoms. The second-order valence-electron chi connectivity index (χ2n) is 9.04. The average Bonchev–Trinajstić information content (AvgIpc) is 3.54. The number of hydrogen-bond donors (Lipinski definition) is 0. The molecule has 0 radical (unpaired) electrons. The van der Waals surface area contributed by atoms with Gasteiger partial charge in [-0.2, -0.15) is 17.9 Å². The number of carbonyl (C=O) groups is 2. The van der Waals surface area contributed by atoms with Crippen molar-refractivity contribution in [1.82, 2.24) is 19.6 Å². The van der Waals surface area contributed by atoms with Crippen LogP contribution in [0.25, 0.3) is 22.6 Å². The molecule has 3 heterocycles. The molecule has 0 N–H and O–H groups in total. The van der Waals surface area contributed by atoms with Crippen LogP contribution in [0.5, 0.6) is 11.5 Å². The number of nitrogens with zero attached hydrogens (tertiary/aromatic N) is 4. The number of hydrogen-bond acceptors (Lipinski definition) is 6. The Bertz CT molecular complexity index is 1560. The summed E-state index contributed by atoms with van der Waals surface area (Å²) >= 11 is 0. The highest BCUT2D eigenvalue weighted by atomic mass is 19.4. The monoisotopic (exact) mass is 560 g/mol. The maximum Gasteiger partial charge on any atom is 0.493 e. The molecule has 208 valence electrons. The summed E-state index contributed by atoms with van der Waals surface area (Å²) < 4.78 is 72.3. The lowest BCUT2D eigenvalue weighted by Gasteiger charge is -2.25. The van der Waals surface area contributed by atoms with E-state index in [2.05, 4.69) is 9.97 Å². The van der Waals surface area contributed by atoms with Gasteiger partial charge in [-0.3, -0.25) is 9.78 Å². The van der Waals surface area contributed by atoms with E-state index in [9.17, 15) is 31.5 Å². The Morgan fingerprint density at radius 1 is 1.07 bits per heavy atom. The van der Waals surface area contributed by atoms with E-state index in [0.29, 0.717) is 29.7 Å². The molecule has 1 aliphatic rings. The van der Waals surface area contributed by atoms with Crippen LogP contribution in [-0.4, -0.2) is 44.2 Å². The second kappa shape index (κ2) is 10.5. The third kappa shape index (κ3) is 5.31. The molecule has 0 saturated carbocycles. The van der Waals surface area contributed by atoms with Gasteiger partial charge in [-0.05, 0) is 55.3 Å². The second-order valence-corrected chi connectivity index (χ2v) is 9.04.